The lowest BCUT2D eigenvalue weighted by Crippen LogP contribution is -2.33. The van der Waals surface area contributed by atoms with E-state index in [1.807, 2.05) is 12.1 Å². The first-order chi connectivity index (χ1) is 13.7. The minimum atomic E-state index is -0.0780. The maximum Gasteiger partial charge on any atom is 0.267 e. The molecule has 1 saturated carbocycles. The zero-order chi connectivity index (χ0) is 19.3. The van der Waals surface area contributed by atoms with Crippen LogP contribution in [0.1, 0.15) is 37.3 Å². The van der Waals surface area contributed by atoms with Crippen molar-refractivity contribution < 1.29 is 0 Å². The zero-order valence-corrected chi connectivity index (χ0v) is 15.3. The predicted octanol–water partition coefficient (Wildman–Crippen LogP) is 3.17. The first kappa shape index (κ1) is 17.9. The highest BCUT2D eigenvalue weighted by molar-refractivity contribution is 5.57. The first-order valence-electron chi connectivity index (χ1n) is 9.36. The molecule has 3 heterocycles. The largest absolute Gasteiger partial charge is 0.366 e. The summed E-state index contributed by atoms with van der Waals surface area (Å²) in [5.41, 5.74) is 2.19. The first-order valence-corrected chi connectivity index (χ1v) is 9.36. The van der Waals surface area contributed by atoms with Crippen molar-refractivity contribution in [2.24, 2.45) is 0 Å². The van der Waals surface area contributed by atoms with E-state index in [1.54, 1.807) is 47.5 Å². The van der Waals surface area contributed by atoms with Crippen molar-refractivity contribution in [2.45, 2.75) is 37.8 Å². The highest BCUT2D eigenvalue weighted by Gasteiger charge is 2.24. The number of hydrogen-bond acceptors (Lipinski definition) is 6. The van der Waals surface area contributed by atoms with E-state index in [0.29, 0.717) is 11.4 Å². The Kier molecular flexibility index (Phi) is 5.11. The molecule has 0 aromatic carbocycles. The van der Waals surface area contributed by atoms with Crippen molar-refractivity contribution in [1.29, 1.82) is 5.26 Å². The van der Waals surface area contributed by atoms with Gasteiger partial charge in [0.1, 0.15) is 11.9 Å². The SMILES string of the molecule is N#Cc1cccnc1NC1CCC(n2nc(-c3ccncc3)ccc2=O)CC1. The second-order valence-corrected chi connectivity index (χ2v) is 6.90. The molecular formula is C21H20N6O. The zero-order valence-electron chi connectivity index (χ0n) is 15.3. The molecule has 1 fully saturated rings. The van der Waals surface area contributed by atoms with Gasteiger partial charge in [-0.05, 0) is 56.0 Å². The van der Waals surface area contributed by atoms with E-state index in [2.05, 4.69) is 26.5 Å². The number of nitriles is 1. The van der Waals surface area contributed by atoms with E-state index < -0.39 is 0 Å². The van der Waals surface area contributed by atoms with Crippen LogP contribution in [-0.4, -0.2) is 25.8 Å². The van der Waals surface area contributed by atoms with Crippen molar-refractivity contribution >= 4 is 5.82 Å². The van der Waals surface area contributed by atoms with Crippen LogP contribution in [-0.2, 0) is 0 Å². The normalized spacial score (nSPS) is 19.0. The van der Waals surface area contributed by atoms with Gasteiger partial charge < -0.3 is 5.32 Å². The van der Waals surface area contributed by atoms with Crippen LogP contribution in [0.3, 0.4) is 0 Å². The summed E-state index contributed by atoms with van der Waals surface area (Å²) in [4.78, 5) is 20.7. The van der Waals surface area contributed by atoms with E-state index in [9.17, 15) is 10.1 Å². The average Bonchev–Trinajstić information content (AvgIpc) is 2.76. The van der Waals surface area contributed by atoms with Gasteiger partial charge in [0, 0.05) is 36.3 Å². The summed E-state index contributed by atoms with van der Waals surface area (Å²) in [6.07, 6.45) is 8.59. The Balaban J connectivity index is 1.47. The molecule has 0 amide bonds. The van der Waals surface area contributed by atoms with Gasteiger partial charge in [-0.3, -0.25) is 9.78 Å². The summed E-state index contributed by atoms with van der Waals surface area (Å²) in [6, 6.07) is 13.1. The van der Waals surface area contributed by atoms with Crippen molar-refractivity contribution in [3.8, 4) is 17.3 Å². The van der Waals surface area contributed by atoms with Crippen molar-refractivity contribution in [3.63, 3.8) is 0 Å². The monoisotopic (exact) mass is 372 g/mol. The molecule has 0 radical (unpaired) electrons. The third kappa shape index (κ3) is 3.76. The van der Waals surface area contributed by atoms with E-state index in [4.69, 9.17) is 0 Å². The molecule has 7 heteroatoms. The van der Waals surface area contributed by atoms with E-state index >= 15 is 0 Å². The quantitative estimate of drug-likeness (QED) is 0.756. The number of rotatable bonds is 4. The smallest absolute Gasteiger partial charge is 0.267 e. The lowest BCUT2D eigenvalue weighted by molar-refractivity contribution is 0.304. The summed E-state index contributed by atoms with van der Waals surface area (Å²) < 4.78 is 1.62. The Morgan fingerprint density at radius 3 is 2.57 bits per heavy atom. The summed E-state index contributed by atoms with van der Waals surface area (Å²) >= 11 is 0. The minimum absolute atomic E-state index is 0.0755. The number of anilines is 1. The molecule has 4 rings (SSSR count). The van der Waals surface area contributed by atoms with Crippen molar-refractivity contribution in [2.75, 3.05) is 5.32 Å². The Hall–Kier alpha value is -3.53. The molecule has 0 aliphatic heterocycles. The second-order valence-electron chi connectivity index (χ2n) is 6.90. The third-order valence-electron chi connectivity index (χ3n) is 5.11. The molecule has 3 aromatic heterocycles. The van der Waals surface area contributed by atoms with E-state index in [0.717, 1.165) is 36.9 Å². The molecule has 7 nitrogen and oxygen atoms in total. The molecule has 0 saturated heterocycles. The van der Waals surface area contributed by atoms with Crippen LogP contribution in [0.5, 0.6) is 0 Å². The summed E-state index contributed by atoms with van der Waals surface area (Å²) in [6.45, 7) is 0. The molecular weight excluding hydrogens is 352 g/mol. The minimum Gasteiger partial charge on any atom is -0.366 e. The van der Waals surface area contributed by atoms with Crippen LogP contribution in [0.15, 0.2) is 59.8 Å². The Morgan fingerprint density at radius 1 is 1.04 bits per heavy atom. The Labute approximate surface area is 162 Å². The van der Waals surface area contributed by atoms with Crippen molar-refractivity contribution in [3.05, 3.63) is 70.9 Å². The highest BCUT2D eigenvalue weighted by Crippen LogP contribution is 2.29. The summed E-state index contributed by atoms with van der Waals surface area (Å²) in [7, 11) is 0. The van der Waals surface area contributed by atoms with E-state index in [1.165, 1.54) is 0 Å². The van der Waals surface area contributed by atoms with Crippen LogP contribution in [0.4, 0.5) is 5.82 Å². The van der Waals surface area contributed by atoms with Gasteiger partial charge in [0.25, 0.3) is 5.56 Å². The highest BCUT2D eigenvalue weighted by atomic mass is 16.1. The van der Waals surface area contributed by atoms with Gasteiger partial charge in [0.05, 0.1) is 17.3 Å². The van der Waals surface area contributed by atoms with Gasteiger partial charge in [-0.1, -0.05) is 0 Å². The number of pyridine rings is 2. The molecule has 3 aromatic rings. The van der Waals surface area contributed by atoms with Crippen LogP contribution < -0.4 is 10.9 Å². The summed E-state index contributed by atoms with van der Waals surface area (Å²) in [5.74, 6) is 0.628. The fourth-order valence-electron chi connectivity index (χ4n) is 3.63. The average molecular weight is 372 g/mol. The Morgan fingerprint density at radius 2 is 1.82 bits per heavy atom. The van der Waals surface area contributed by atoms with Gasteiger partial charge in [-0.15, -0.1) is 0 Å². The summed E-state index contributed by atoms with van der Waals surface area (Å²) in [5, 5.41) is 17.2. The van der Waals surface area contributed by atoms with Crippen LogP contribution in [0.2, 0.25) is 0 Å². The second kappa shape index (κ2) is 8.01. The lowest BCUT2D eigenvalue weighted by atomic mass is 9.91. The number of nitrogens with one attached hydrogen (secondary N) is 1. The molecule has 28 heavy (non-hydrogen) atoms. The topological polar surface area (TPSA) is 96.5 Å². The maximum atomic E-state index is 12.4. The molecule has 1 N–H and O–H groups in total. The molecule has 0 unspecified atom stereocenters. The molecule has 1 aliphatic rings. The lowest BCUT2D eigenvalue weighted by Gasteiger charge is -2.30. The van der Waals surface area contributed by atoms with Gasteiger partial charge in [0.15, 0.2) is 0 Å². The van der Waals surface area contributed by atoms with Gasteiger partial charge in [-0.25, -0.2) is 9.67 Å². The molecule has 0 spiro atoms. The Bertz CT molecular complexity index is 1050. The number of nitrogens with zero attached hydrogens (tertiary/aromatic N) is 5. The third-order valence-corrected chi connectivity index (χ3v) is 5.11. The molecule has 0 atom stereocenters. The van der Waals surface area contributed by atoms with Crippen LogP contribution >= 0.6 is 0 Å². The van der Waals surface area contributed by atoms with E-state index in [-0.39, 0.29) is 17.6 Å². The number of aromatic nitrogens is 4. The van der Waals surface area contributed by atoms with Crippen LogP contribution in [0.25, 0.3) is 11.3 Å². The molecule has 1 aliphatic carbocycles. The van der Waals surface area contributed by atoms with Crippen molar-refractivity contribution in [1.82, 2.24) is 19.7 Å². The maximum absolute atomic E-state index is 12.4. The van der Waals surface area contributed by atoms with Gasteiger partial charge in [0.2, 0.25) is 0 Å². The predicted molar refractivity (Wildman–Crippen MR) is 106 cm³/mol. The van der Waals surface area contributed by atoms with Gasteiger partial charge in [-0.2, -0.15) is 10.4 Å². The van der Waals surface area contributed by atoms with Crippen LogP contribution in [0, 0.1) is 11.3 Å². The standard InChI is InChI=1S/C21H20N6O/c22-14-16-2-1-11-24-21(16)25-17-3-5-18(6-4-17)27-20(28)8-7-19(26-27)15-9-12-23-13-10-15/h1-2,7-13,17-18H,3-6H2,(H,24,25). The van der Waals surface area contributed by atoms with Gasteiger partial charge >= 0.3 is 0 Å². The number of hydrogen-bond donors (Lipinski definition) is 1. The fraction of sp³-hybridized carbons (Fsp3) is 0.286. The fourth-order valence-corrected chi connectivity index (χ4v) is 3.63. The molecule has 140 valence electrons. The molecule has 0 bridgehead atoms.